The van der Waals surface area contributed by atoms with Gasteiger partial charge in [-0.1, -0.05) is 158 Å². The molecule has 0 aliphatic heterocycles. The first kappa shape index (κ1) is 30.4. The van der Waals surface area contributed by atoms with E-state index in [-0.39, 0.29) is 0 Å². The lowest BCUT2D eigenvalue weighted by Crippen LogP contribution is -2.31. The maximum atomic E-state index is 2.43. The van der Waals surface area contributed by atoms with E-state index < -0.39 is 5.41 Å². The van der Waals surface area contributed by atoms with Crippen LogP contribution in [0.25, 0.3) is 27.5 Å². The molecule has 0 saturated heterocycles. The zero-order chi connectivity index (χ0) is 34.0. The third-order valence-electron chi connectivity index (χ3n) is 10.1. The van der Waals surface area contributed by atoms with Crippen molar-refractivity contribution in [3.05, 3.63) is 241 Å². The summed E-state index contributed by atoms with van der Waals surface area (Å²) >= 11 is 0. The predicted molar refractivity (Wildman–Crippen MR) is 214 cm³/mol. The molecule has 0 spiro atoms. The Labute approximate surface area is 299 Å². The van der Waals surface area contributed by atoms with Crippen LogP contribution in [0.4, 0.5) is 17.1 Å². The summed E-state index contributed by atoms with van der Waals surface area (Å²) in [6, 6.07) is 78.8. The molecule has 9 aromatic rings. The summed E-state index contributed by atoms with van der Waals surface area (Å²) in [5.41, 5.74) is 11.2. The molecule has 0 atom stereocenters. The van der Waals surface area contributed by atoms with Crippen LogP contribution in [0.2, 0.25) is 0 Å². The van der Waals surface area contributed by atoms with Gasteiger partial charge in [-0.2, -0.15) is 0 Å². The fourth-order valence-electron chi connectivity index (χ4n) is 7.92. The number of hydrogen-bond donors (Lipinski definition) is 0. The summed E-state index contributed by atoms with van der Waals surface area (Å²) in [4.78, 5) is 2.33. The summed E-state index contributed by atoms with van der Waals surface area (Å²) < 4.78 is 2.43. The van der Waals surface area contributed by atoms with Gasteiger partial charge in [0.15, 0.2) is 0 Å². The quantitative estimate of drug-likeness (QED) is 0.148. The fraction of sp³-hybridized carbons (Fsp3) is 0.0204. The van der Waals surface area contributed by atoms with Crippen molar-refractivity contribution in [2.24, 2.45) is 0 Å². The molecule has 0 N–H and O–H groups in total. The van der Waals surface area contributed by atoms with E-state index in [1.807, 2.05) is 0 Å². The summed E-state index contributed by atoms with van der Waals surface area (Å²) in [5.74, 6) is 0. The van der Waals surface area contributed by atoms with Gasteiger partial charge >= 0.3 is 0 Å². The van der Waals surface area contributed by atoms with Gasteiger partial charge in [0.05, 0.1) is 16.4 Å². The molecule has 242 valence electrons. The molecule has 9 rings (SSSR count). The Morgan fingerprint density at radius 1 is 0.314 bits per heavy atom. The minimum Gasteiger partial charge on any atom is -0.310 e. The van der Waals surface area contributed by atoms with Gasteiger partial charge in [-0.3, -0.25) is 0 Å². The van der Waals surface area contributed by atoms with Crippen molar-refractivity contribution in [2.75, 3.05) is 4.90 Å². The van der Waals surface area contributed by atoms with E-state index in [0.717, 1.165) is 22.7 Å². The average Bonchev–Trinajstić information content (AvgIpc) is 3.54. The fourth-order valence-corrected chi connectivity index (χ4v) is 7.92. The van der Waals surface area contributed by atoms with Crippen molar-refractivity contribution >= 4 is 38.9 Å². The number of benzene rings is 8. The van der Waals surface area contributed by atoms with Gasteiger partial charge in [-0.15, -0.1) is 0 Å². The molecule has 8 aromatic carbocycles. The second kappa shape index (κ2) is 13.0. The Balaban J connectivity index is 1.28. The third-order valence-corrected chi connectivity index (χ3v) is 10.1. The number of nitrogens with zero attached hydrogens (tertiary/aromatic N) is 2. The number of aromatic nitrogens is 1. The largest absolute Gasteiger partial charge is 0.310 e. The normalized spacial score (nSPS) is 11.5. The second-order valence-corrected chi connectivity index (χ2v) is 13.0. The van der Waals surface area contributed by atoms with Gasteiger partial charge in [0.1, 0.15) is 0 Å². The highest BCUT2D eigenvalue weighted by molar-refractivity contribution is 6.10. The van der Waals surface area contributed by atoms with Crippen LogP contribution in [-0.4, -0.2) is 4.57 Å². The highest BCUT2D eigenvalue weighted by Crippen LogP contribution is 2.46. The van der Waals surface area contributed by atoms with Crippen LogP contribution in [0.3, 0.4) is 0 Å². The van der Waals surface area contributed by atoms with Crippen LogP contribution in [-0.2, 0) is 5.41 Å². The van der Waals surface area contributed by atoms with Gasteiger partial charge in [-0.25, -0.2) is 0 Å². The summed E-state index contributed by atoms with van der Waals surface area (Å²) in [7, 11) is 0. The van der Waals surface area contributed by atoms with Crippen LogP contribution < -0.4 is 4.90 Å². The van der Waals surface area contributed by atoms with Crippen molar-refractivity contribution in [3.63, 3.8) is 0 Å². The molecule has 0 unspecified atom stereocenters. The van der Waals surface area contributed by atoms with Crippen molar-refractivity contribution < 1.29 is 0 Å². The minimum absolute atomic E-state index is 0.530. The maximum absolute atomic E-state index is 2.43. The highest BCUT2D eigenvalue weighted by atomic mass is 15.1. The molecule has 0 radical (unpaired) electrons. The zero-order valence-corrected chi connectivity index (χ0v) is 28.2. The highest BCUT2D eigenvalue weighted by Gasteiger charge is 2.38. The van der Waals surface area contributed by atoms with Crippen molar-refractivity contribution in [3.8, 4) is 5.69 Å². The Kier molecular flexibility index (Phi) is 7.75. The van der Waals surface area contributed by atoms with Gasteiger partial charge in [0, 0.05) is 33.5 Å². The molecule has 0 aliphatic rings. The Morgan fingerprint density at radius 3 is 1.31 bits per heavy atom. The Morgan fingerprint density at radius 2 is 0.765 bits per heavy atom. The van der Waals surface area contributed by atoms with E-state index in [1.54, 1.807) is 0 Å². The van der Waals surface area contributed by atoms with Crippen molar-refractivity contribution in [1.29, 1.82) is 0 Å². The monoisotopic (exact) mass is 652 g/mol. The average molecular weight is 653 g/mol. The van der Waals surface area contributed by atoms with Crippen molar-refractivity contribution in [1.82, 2.24) is 4.57 Å². The van der Waals surface area contributed by atoms with Gasteiger partial charge in [0.2, 0.25) is 0 Å². The number of rotatable bonds is 8. The lowest BCUT2D eigenvalue weighted by molar-refractivity contribution is 0.744. The van der Waals surface area contributed by atoms with E-state index >= 15 is 0 Å². The topological polar surface area (TPSA) is 8.17 Å². The molecule has 0 amide bonds. The number of hydrogen-bond acceptors (Lipinski definition) is 1. The van der Waals surface area contributed by atoms with Crippen LogP contribution in [0.1, 0.15) is 22.3 Å². The van der Waals surface area contributed by atoms with Crippen LogP contribution in [0.15, 0.2) is 218 Å². The summed E-state index contributed by atoms with van der Waals surface area (Å²) in [6.07, 6.45) is 0. The lowest BCUT2D eigenvalue weighted by atomic mass is 9.65. The zero-order valence-electron chi connectivity index (χ0n) is 28.2. The molecule has 0 bridgehead atoms. The second-order valence-electron chi connectivity index (χ2n) is 13.0. The standard InChI is InChI=1S/C49H36N2/c1-6-19-37(20-7-1)49(38-21-8-2-9-22-38,39-23-10-3-11-24-39)40-25-18-30-43(35-40)51-47-32-17-16-31-45(47)46-36-44(33-34-48(46)51)50(41-26-12-4-13-27-41)42-28-14-5-15-29-42/h1-36H. The first-order valence-corrected chi connectivity index (χ1v) is 17.5. The Hall–Kier alpha value is -6.64. The smallest absolute Gasteiger partial charge is 0.0702 e. The van der Waals surface area contributed by atoms with E-state index in [9.17, 15) is 0 Å². The van der Waals surface area contributed by atoms with E-state index in [0.29, 0.717) is 0 Å². The maximum Gasteiger partial charge on any atom is 0.0702 e. The summed E-state index contributed by atoms with van der Waals surface area (Å²) in [5, 5.41) is 2.44. The first-order chi connectivity index (χ1) is 25.3. The number of fused-ring (bicyclic) bond motifs is 3. The predicted octanol–water partition coefficient (Wildman–Crippen LogP) is 12.6. The molecule has 2 heteroatoms. The molecular formula is C49H36N2. The SMILES string of the molecule is c1ccc(N(c2ccccc2)c2ccc3c(c2)c2ccccc2n3-c2cccc(C(c3ccccc3)(c3ccccc3)c3ccccc3)c2)cc1. The van der Waals surface area contributed by atoms with E-state index in [1.165, 1.54) is 44.1 Å². The number of anilines is 3. The minimum atomic E-state index is -0.530. The molecule has 2 nitrogen and oxygen atoms in total. The van der Waals surface area contributed by atoms with Crippen LogP contribution in [0.5, 0.6) is 0 Å². The summed E-state index contributed by atoms with van der Waals surface area (Å²) in [6.45, 7) is 0. The molecular weight excluding hydrogens is 617 g/mol. The van der Waals surface area contributed by atoms with E-state index in [2.05, 4.69) is 228 Å². The van der Waals surface area contributed by atoms with Crippen LogP contribution in [0, 0.1) is 0 Å². The van der Waals surface area contributed by atoms with Gasteiger partial charge in [-0.05, 0) is 82.9 Å². The van der Waals surface area contributed by atoms with Gasteiger partial charge in [0.25, 0.3) is 0 Å². The van der Waals surface area contributed by atoms with Crippen molar-refractivity contribution in [2.45, 2.75) is 5.41 Å². The molecule has 1 heterocycles. The molecule has 0 fully saturated rings. The van der Waals surface area contributed by atoms with Gasteiger partial charge < -0.3 is 9.47 Å². The Bertz CT molecular complexity index is 2420. The molecule has 0 saturated carbocycles. The molecule has 1 aromatic heterocycles. The lowest BCUT2D eigenvalue weighted by Gasteiger charge is -2.37. The molecule has 0 aliphatic carbocycles. The van der Waals surface area contributed by atoms with Crippen LogP contribution >= 0.6 is 0 Å². The third kappa shape index (κ3) is 5.21. The first-order valence-electron chi connectivity index (χ1n) is 17.5. The number of para-hydroxylation sites is 3. The molecule has 51 heavy (non-hydrogen) atoms. The van der Waals surface area contributed by atoms with E-state index in [4.69, 9.17) is 0 Å².